The average molecular weight is 446 g/mol. The summed E-state index contributed by atoms with van der Waals surface area (Å²) in [5.41, 5.74) is 5.10. The Labute approximate surface area is 191 Å². The summed E-state index contributed by atoms with van der Waals surface area (Å²) < 4.78 is 3.58. The van der Waals surface area contributed by atoms with Crippen LogP contribution in [-0.2, 0) is 11.8 Å². The van der Waals surface area contributed by atoms with Crippen molar-refractivity contribution in [2.75, 3.05) is 24.6 Å². The number of aromatic nitrogens is 5. The van der Waals surface area contributed by atoms with Crippen LogP contribution in [-0.4, -0.2) is 55.1 Å². The number of nitrogens with zero attached hydrogens (tertiary/aromatic N) is 6. The van der Waals surface area contributed by atoms with E-state index in [1.807, 2.05) is 61.3 Å². The Morgan fingerprint density at radius 2 is 1.97 bits per heavy atom. The molecular formula is C24H27N7O2. The van der Waals surface area contributed by atoms with Crippen LogP contribution in [0.25, 0.3) is 16.6 Å². The molecule has 1 amide bonds. The summed E-state index contributed by atoms with van der Waals surface area (Å²) in [7, 11) is 1.89. The molecule has 0 bridgehead atoms. The Kier molecular flexibility index (Phi) is 5.55. The first-order chi connectivity index (χ1) is 16.0. The third kappa shape index (κ3) is 4.19. The maximum Gasteiger partial charge on any atom is 0.227 e. The molecule has 3 aromatic heterocycles. The van der Waals surface area contributed by atoms with Gasteiger partial charge in [0, 0.05) is 50.3 Å². The molecule has 1 saturated heterocycles. The van der Waals surface area contributed by atoms with Gasteiger partial charge in [-0.15, -0.1) is 0 Å². The lowest BCUT2D eigenvalue weighted by Gasteiger charge is -2.39. The van der Waals surface area contributed by atoms with Gasteiger partial charge < -0.3 is 15.3 Å². The molecule has 0 saturated carbocycles. The van der Waals surface area contributed by atoms with Crippen LogP contribution in [0, 0.1) is 12.8 Å². The normalized spacial score (nSPS) is 14.9. The molecule has 1 aliphatic rings. The zero-order valence-corrected chi connectivity index (χ0v) is 18.7. The summed E-state index contributed by atoms with van der Waals surface area (Å²) >= 11 is 0. The SMILES string of the molecule is Cc1ccc(C(CCO)NC(=O)C2CN(c3ncnn4cc(-c5cnn(C)c5)cc34)C2)cc1. The van der Waals surface area contributed by atoms with E-state index in [1.165, 1.54) is 6.33 Å². The molecule has 0 spiro atoms. The number of aryl methyl sites for hydroxylation is 2. The monoisotopic (exact) mass is 445 g/mol. The van der Waals surface area contributed by atoms with Gasteiger partial charge in [0.2, 0.25) is 5.91 Å². The highest BCUT2D eigenvalue weighted by Gasteiger charge is 2.35. The molecule has 4 heterocycles. The minimum Gasteiger partial charge on any atom is -0.396 e. The molecule has 1 aliphatic heterocycles. The van der Waals surface area contributed by atoms with Crippen molar-refractivity contribution in [3.05, 3.63) is 66.4 Å². The second-order valence-corrected chi connectivity index (χ2v) is 8.63. The van der Waals surface area contributed by atoms with Crippen molar-refractivity contribution in [3.8, 4) is 11.1 Å². The number of hydrogen-bond acceptors (Lipinski definition) is 6. The van der Waals surface area contributed by atoms with E-state index in [1.54, 1.807) is 4.68 Å². The van der Waals surface area contributed by atoms with Gasteiger partial charge in [0.25, 0.3) is 0 Å². The standard InChI is InChI=1S/C24H27N7O2/c1-16-3-5-17(6-4-16)21(7-8-32)28-24(33)20-12-30(13-20)23-22-9-18(14-31(22)27-15-25-23)19-10-26-29(2)11-19/h3-6,9-11,14-15,20-21,32H,7-8,12-13H2,1-2H3,(H,28,33). The van der Waals surface area contributed by atoms with Crippen LogP contribution < -0.4 is 10.2 Å². The molecule has 0 aliphatic carbocycles. The number of rotatable bonds is 7. The van der Waals surface area contributed by atoms with Crippen LogP contribution in [0.15, 0.2) is 55.2 Å². The van der Waals surface area contributed by atoms with Crippen molar-refractivity contribution in [3.63, 3.8) is 0 Å². The number of amides is 1. The van der Waals surface area contributed by atoms with Gasteiger partial charge in [-0.2, -0.15) is 10.2 Å². The molecule has 33 heavy (non-hydrogen) atoms. The molecule has 5 rings (SSSR count). The fourth-order valence-electron chi connectivity index (χ4n) is 4.25. The lowest BCUT2D eigenvalue weighted by molar-refractivity contribution is -0.126. The largest absolute Gasteiger partial charge is 0.396 e. The predicted octanol–water partition coefficient (Wildman–Crippen LogP) is 2.11. The third-order valence-electron chi connectivity index (χ3n) is 6.19. The third-order valence-corrected chi connectivity index (χ3v) is 6.19. The first kappa shape index (κ1) is 21.1. The van der Waals surface area contributed by atoms with Gasteiger partial charge in [-0.25, -0.2) is 9.50 Å². The highest BCUT2D eigenvalue weighted by Crippen LogP contribution is 2.30. The number of carbonyl (C=O) groups is 1. The smallest absolute Gasteiger partial charge is 0.227 e. The summed E-state index contributed by atoms with van der Waals surface area (Å²) in [6.07, 6.45) is 7.77. The molecule has 1 unspecified atom stereocenters. The Hall–Kier alpha value is -3.72. The Morgan fingerprint density at radius 1 is 1.18 bits per heavy atom. The van der Waals surface area contributed by atoms with Gasteiger partial charge in [0.15, 0.2) is 5.82 Å². The number of anilines is 1. The van der Waals surface area contributed by atoms with Gasteiger partial charge in [0.1, 0.15) is 11.8 Å². The van der Waals surface area contributed by atoms with Gasteiger partial charge in [0.05, 0.1) is 18.2 Å². The van der Waals surface area contributed by atoms with Gasteiger partial charge in [-0.1, -0.05) is 29.8 Å². The molecule has 170 valence electrons. The predicted molar refractivity (Wildman–Crippen MR) is 125 cm³/mol. The van der Waals surface area contributed by atoms with Gasteiger partial charge in [-0.3, -0.25) is 9.48 Å². The maximum absolute atomic E-state index is 12.9. The van der Waals surface area contributed by atoms with Gasteiger partial charge in [-0.05, 0) is 25.0 Å². The lowest BCUT2D eigenvalue weighted by Crippen LogP contribution is -2.54. The number of hydrogen-bond donors (Lipinski definition) is 2. The zero-order valence-electron chi connectivity index (χ0n) is 18.7. The van der Waals surface area contributed by atoms with E-state index in [0.29, 0.717) is 19.5 Å². The average Bonchev–Trinajstić information content (AvgIpc) is 3.39. The van der Waals surface area contributed by atoms with Crippen molar-refractivity contribution in [1.82, 2.24) is 29.7 Å². The Balaban J connectivity index is 1.28. The number of benzene rings is 1. The fourth-order valence-corrected chi connectivity index (χ4v) is 4.25. The van der Waals surface area contributed by atoms with E-state index < -0.39 is 0 Å². The van der Waals surface area contributed by atoms with E-state index in [-0.39, 0.29) is 24.5 Å². The molecule has 1 atom stereocenters. The van der Waals surface area contributed by atoms with Crippen LogP contribution in [0.3, 0.4) is 0 Å². The van der Waals surface area contributed by atoms with Crippen molar-refractivity contribution in [2.45, 2.75) is 19.4 Å². The van der Waals surface area contributed by atoms with Gasteiger partial charge >= 0.3 is 0 Å². The summed E-state index contributed by atoms with van der Waals surface area (Å²) in [6.45, 7) is 3.22. The van der Waals surface area contributed by atoms with E-state index in [2.05, 4.69) is 31.5 Å². The summed E-state index contributed by atoms with van der Waals surface area (Å²) in [5, 5.41) is 21.2. The van der Waals surface area contributed by atoms with Crippen LogP contribution in [0.5, 0.6) is 0 Å². The van der Waals surface area contributed by atoms with Crippen LogP contribution in [0.4, 0.5) is 5.82 Å². The maximum atomic E-state index is 12.9. The van der Waals surface area contributed by atoms with Crippen molar-refractivity contribution in [1.29, 1.82) is 0 Å². The zero-order chi connectivity index (χ0) is 22.9. The summed E-state index contributed by atoms with van der Waals surface area (Å²) in [5.74, 6) is 0.691. The van der Waals surface area contributed by atoms with E-state index in [9.17, 15) is 9.90 Å². The number of fused-ring (bicyclic) bond motifs is 1. The quantitative estimate of drug-likeness (QED) is 0.452. The molecule has 9 nitrogen and oxygen atoms in total. The molecule has 1 aromatic carbocycles. The second kappa shape index (κ2) is 8.67. The summed E-state index contributed by atoms with van der Waals surface area (Å²) in [6, 6.07) is 9.91. The van der Waals surface area contributed by atoms with Crippen LogP contribution in [0.1, 0.15) is 23.6 Å². The van der Waals surface area contributed by atoms with Crippen molar-refractivity contribution < 1.29 is 9.90 Å². The molecule has 9 heteroatoms. The van der Waals surface area contributed by atoms with Crippen LogP contribution >= 0.6 is 0 Å². The summed E-state index contributed by atoms with van der Waals surface area (Å²) in [4.78, 5) is 19.5. The Bertz CT molecular complexity index is 1270. The number of aliphatic hydroxyl groups excluding tert-OH is 1. The topological polar surface area (TPSA) is 101 Å². The molecular weight excluding hydrogens is 418 g/mol. The number of aliphatic hydroxyl groups is 1. The van der Waals surface area contributed by atoms with E-state index >= 15 is 0 Å². The minimum absolute atomic E-state index is 0.00165. The highest BCUT2D eigenvalue weighted by molar-refractivity contribution is 5.84. The molecule has 1 fully saturated rings. The van der Waals surface area contributed by atoms with Crippen molar-refractivity contribution >= 4 is 17.2 Å². The second-order valence-electron chi connectivity index (χ2n) is 8.63. The Morgan fingerprint density at radius 3 is 2.67 bits per heavy atom. The van der Waals surface area contributed by atoms with E-state index in [4.69, 9.17) is 0 Å². The minimum atomic E-state index is -0.199. The lowest BCUT2D eigenvalue weighted by atomic mass is 9.96. The first-order valence-corrected chi connectivity index (χ1v) is 11.1. The molecule has 0 radical (unpaired) electrons. The van der Waals surface area contributed by atoms with Crippen LogP contribution in [0.2, 0.25) is 0 Å². The fraction of sp³-hybridized carbons (Fsp3) is 0.333. The molecule has 4 aromatic rings. The number of carbonyl (C=O) groups excluding carboxylic acids is 1. The highest BCUT2D eigenvalue weighted by atomic mass is 16.3. The van der Waals surface area contributed by atoms with E-state index in [0.717, 1.165) is 33.6 Å². The van der Waals surface area contributed by atoms with Crippen molar-refractivity contribution in [2.24, 2.45) is 13.0 Å². The molecule has 2 N–H and O–H groups in total. The first-order valence-electron chi connectivity index (χ1n) is 11.1. The number of nitrogens with one attached hydrogen (secondary N) is 1.